The number of carbonyl (C=O) groups is 3. The van der Waals surface area contributed by atoms with E-state index in [2.05, 4.69) is 24.4 Å². The molecular formula is C26H24N4O4S. The van der Waals surface area contributed by atoms with Gasteiger partial charge in [-0.05, 0) is 49.1 Å². The van der Waals surface area contributed by atoms with Crippen LogP contribution in [-0.2, 0) is 16.0 Å². The number of nitrogens with zero attached hydrogens (tertiary/aromatic N) is 3. The van der Waals surface area contributed by atoms with Gasteiger partial charge >= 0.3 is 5.97 Å². The van der Waals surface area contributed by atoms with Crippen LogP contribution in [0.1, 0.15) is 56.2 Å². The number of ether oxygens (including phenoxy) is 1. The Morgan fingerprint density at radius 2 is 1.83 bits per heavy atom. The van der Waals surface area contributed by atoms with Crippen molar-refractivity contribution in [3.8, 4) is 0 Å². The molecular weight excluding hydrogens is 464 g/mol. The Labute approximate surface area is 206 Å². The van der Waals surface area contributed by atoms with Gasteiger partial charge in [-0.3, -0.25) is 19.4 Å². The number of ketones is 1. The van der Waals surface area contributed by atoms with E-state index >= 15 is 0 Å². The molecule has 35 heavy (non-hydrogen) atoms. The fourth-order valence-electron chi connectivity index (χ4n) is 3.68. The molecule has 178 valence electrons. The Morgan fingerprint density at radius 1 is 1.03 bits per heavy atom. The van der Waals surface area contributed by atoms with Crippen molar-refractivity contribution in [2.24, 2.45) is 0 Å². The summed E-state index contributed by atoms with van der Waals surface area (Å²) in [6.07, 6.45) is 2.96. The van der Waals surface area contributed by atoms with E-state index in [1.807, 2.05) is 24.3 Å². The highest BCUT2D eigenvalue weighted by Crippen LogP contribution is 2.24. The Kier molecular flexibility index (Phi) is 7.57. The lowest BCUT2D eigenvalue weighted by atomic mass is 10.0. The first-order valence-electron chi connectivity index (χ1n) is 11.1. The smallest absolute Gasteiger partial charge is 0.305 e. The molecule has 0 radical (unpaired) electrons. The van der Waals surface area contributed by atoms with Gasteiger partial charge in [-0.2, -0.15) is 4.37 Å². The molecule has 9 heteroatoms. The van der Waals surface area contributed by atoms with E-state index in [1.54, 1.807) is 37.4 Å². The number of methoxy groups -OCH3 is 1. The number of hydrogen-bond donors (Lipinski definition) is 1. The fraction of sp³-hybridized carbons (Fsp3) is 0.231. The van der Waals surface area contributed by atoms with Crippen LogP contribution in [0.4, 0.5) is 5.69 Å². The van der Waals surface area contributed by atoms with Crippen molar-refractivity contribution in [2.45, 2.75) is 32.6 Å². The van der Waals surface area contributed by atoms with Crippen LogP contribution in [-0.4, -0.2) is 39.1 Å². The number of carbonyl (C=O) groups excluding carboxylic acids is 3. The minimum atomic E-state index is -0.343. The quantitative estimate of drug-likeness (QED) is 0.267. The Bertz CT molecular complexity index is 1400. The topological polar surface area (TPSA) is 111 Å². The third kappa shape index (κ3) is 5.93. The Hall–Kier alpha value is -3.98. The number of aryl methyl sites for hydroxylation is 1. The predicted octanol–water partition coefficient (Wildman–Crippen LogP) is 4.76. The highest BCUT2D eigenvalue weighted by molar-refractivity contribution is 7.06. The van der Waals surface area contributed by atoms with E-state index in [1.165, 1.54) is 18.6 Å². The van der Waals surface area contributed by atoms with Gasteiger partial charge in [-0.25, -0.2) is 4.98 Å². The second-order valence-corrected chi connectivity index (χ2v) is 8.84. The summed E-state index contributed by atoms with van der Waals surface area (Å²) in [6.45, 7) is 1.79. The number of benzene rings is 2. The van der Waals surface area contributed by atoms with E-state index in [-0.39, 0.29) is 30.5 Å². The van der Waals surface area contributed by atoms with E-state index in [9.17, 15) is 14.4 Å². The zero-order valence-corrected chi connectivity index (χ0v) is 20.2. The predicted molar refractivity (Wildman–Crippen MR) is 134 cm³/mol. The second kappa shape index (κ2) is 11.0. The summed E-state index contributed by atoms with van der Waals surface area (Å²) in [5.41, 5.74) is 4.47. The number of para-hydroxylation sites is 2. The first-order valence-corrected chi connectivity index (χ1v) is 11.9. The molecule has 0 saturated heterocycles. The number of nitrogens with one attached hydrogen (secondary N) is 1. The SMILES string of the molecule is COC(=O)CCCC(=O)c1cccc(NC(=O)c2c(C)nsc2Cc2cnc3ccccc3n2)c1. The zero-order chi connectivity index (χ0) is 24.8. The van der Waals surface area contributed by atoms with Crippen molar-refractivity contribution in [3.63, 3.8) is 0 Å². The number of anilines is 1. The first kappa shape index (κ1) is 24.2. The van der Waals surface area contributed by atoms with Crippen LogP contribution >= 0.6 is 11.5 Å². The number of aromatic nitrogens is 3. The summed E-state index contributed by atoms with van der Waals surface area (Å²) in [5, 5.41) is 2.89. The van der Waals surface area contributed by atoms with Gasteiger partial charge in [0.1, 0.15) is 0 Å². The molecule has 0 aliphatic heterocycles. The maximum absolute atomic E-state index is 13.2. The summed E-state index contributed by atoms with van der Waals surface area (Å²) < 4.78 is 8.98. The number of fused-ring (bicyclic) bond motifs is 1. The van der Waals surface area contributed by atoms with Crippen molar-refractivity contribution in [3.05, 3.63) is 82.1 Å². The van der Waals surface area contributed by atoms with E-state index in [0.29, 0.717) is 35.3 Å². The normalized spacial score (nSPS) is 10.8. The number of amides is 1. The molecule has 4 aromatic rings. The standard InChI is InChI=1S/C26H24N4O4S/c1-16-25(23(35-30-16)14-19-15-27-20-9-3-4-10-21(20)28-19)26(33)29-18-8-5-7-17(13-18)22(31)11-6-12-24(32)34-2/h3-5,7-10,13,15H,6,11-12,14H2,1-2H3,(H,29,33). The fourth-order valence-corrected chi connectivity index (χ4v) is 4.56. The molecule has 2 aromatic carbocycles. The first-order chi connectivity index (χ1) is 16.9. The van der Waals surface area contributed by atoms with Gasteiger partial charge in [0, 0.05) is 41.6 Å². The molecule has 0 fully saturated rings. The van der Waals surface area contributed by atoms with Gasteiger partial charge in [-0.1, -0.05) is 24.3 Å². The van der Waals surface area contributed by atoms with Crippen LogP contribution in [0.5, 0.6) is 0 Å². The van der Waals surface area contributed by atoms with Gasteiger partial charge in [0.2, 0.25) is 0 Å². The van der Waals surface area contributed by atoms with Gasteiger partial charge < -0.3 is 10.1 Å². The molecule has 0 aliphatic carbocycles. The summed E-state index contributed by atoms with van der Waals surface area (Å²) >= 11 is 1.27. The summed E-state index contributed by atoms with van der Waals surface area (Å²) in [6, 6.07) is 14.4. The largest absolute Gasteiger partial charge is 0.469 e. The van der Waals surface area contributed by atoms with Crippen LogP contribution < -0.4 is 5.32 Å². The Balaban J connectivity index is 1.46. The lowest BCUT2D eigenvalue weighted by Gasteiger charge is -2.09. The van der Waals surface area contributed by atoms with Crippen molar-refractivity contribution < 1.29 is 19.1 Å². The third-order valence-corrected chi connectivity index (χ3v) is 6.39. The Morgan fingerprint density at radius 3 is 2.63 bits per heavy atom. The van der Waals surface area contributed by atoms with Crippen molar-refractivity contribution >= 4 is 45.9 Å². The van der Waals surface area contributed by atoms with E-state index in [0.717, 1.165) is 21.6 Å². The number of hydrogen-bond acceptors (Lipinski definition) is 8. The lowest BCUT2D eigenvalue weighted by molar-refractivity contribution is -0.140. The molecule has 0 saturated carbocycles. The zero-order valence-electron chi connectivity index (χ0n) is 19.4. The number of rotatable bonds is 9. The molecule has 0 aliphatic rings. The van der Waals surface area contributed by atoms with Gasteiger partial charge in [0.05, 0.1) is 35.1 Å². The lowest BCUT2D eigenvalue weighted by Crippen LogP contribution is -2.15. The summed E-state index contributed by atoms with van der Waals surface area (Å²) in [5.74, 6) is -0.742. The average molecular weight is 489 g/mol. The molecule has 1 N–H and O–H groups in total. The van der Waals surface area contributed by atoms with Crippen molar-refractivity contribution in [2.75, 3.05) is 12.4 Å². The molecule has 1 amide bonds. The van der Waals surface area contributed by atoms with Crippen LogP contribution in [0.25, 0.3) is 11.0 Å². The molecule has 4 rings (SSSR count). The molecule has 2 heterocycles. The van der Waals surface area contributed by atoms with Crippen LogP contribution in [0.15, 0.2) is 54.7 Å². The van der Waals surface area contributed by atoms with Crippen molar-refractivity contribution in [1.82, 2.24) is 14.3 Å². The van der Waals surface area contributed by atoms with Gasteiger partial charge in [-0.15, -0.1) is 0 Å². The monoisotopic (exact) mass is 488 g/mol. The molecule has 0 unspecified atom stereocenters. The average Bonchev–Trinajstić information content (AvgIpc) is 3.23. The molecule has 0 bridgehead atoms. The molecule has 8 nitrogen and oxygen atoms in total. The van der Waals surface area contributed by atoms with Crippen molar-refractivity contribution in [1.29, 1.82) is 0 Å². The second-order valence-electron chi connectivity index (χ2n) is 7.98. The van der Waals surface area contributed by atoms with Gasteiger partial charge in [0.15, 0.2) is 5.78 Å². The van der Waals surface area contributed by atoms with Gasteiger partial charge in [0.25, 0.3) is 5.91 Å². The highest BCUT2D eigenvalue weighted by atomic mass is 32.1. The third-order valence-electron chi connectivity index (χ3n) is 5.46. The highest BCUT2D eigenvalue weighted by Gasteiger charge is 2.20. The molecule has 0 spiro atoms. The summed E-state index contributed by atoms with van der Waals surface area (Å²) in [4.78, 5) is 46.8. The van der Waals surface area contributed by atoms with E-state index < -0.39 is 0 Å². The minimum Gasteiger partial charge on any atom is -0.469 e. The molecule has 2 aromatic heterocycles. The van der Waals surface area contributed by atoms with Crippen LogP contribution in [0.3, 0.4) is 0 Å². The maximum atomic E-state index is 13.2. The maximum Gasteiger partial charge on any atom is 0.305 e. The number of esters is 1. The van der Waals surface area contributed by atoms with Crippen LogP contribution in [0.2, 0.25) is 0 Å². The molecule has 0 atom stereocenters. The summed E-state index contributed by atoms with van der Waals surface area (Å²) in [7, 11) is 1.32. The van der Waals surface area contributed by atoms with E-state index in [4.69, 9.17) is 0 Å². The minimum absolute atomic E-state index is 0.103. The van der Waals surface area contributed by atoms with Crippen LogP contribution in [0, 0.1) is 6.92 Å². The number of Topliss-reactive ketones (excluding diaryl/α,β-unsaturated/α-hetero) is 1.